The molecule has 0 aliphatic carbocycles. The van der Waals surface area contributed by atoms with Crippen molar-refractivity contribution in [3.8, 4) is 11.4 Å². The van der Waals surface area contributed by atoms with E-state index in [1.807, 2.05) is 24.3 Å². The Bertz CT molecular complexity index is 1090. The van der Waals surface area contributed by atoms with Crippen LogP contribution in [-0.4, -0.2) is 47.3 Å². The molecule has 1 saturated heterocycles. The lowest BCUT2D eigenvalue weighted by atomic mass is 10.0. The number of nitrogens with one attached hydrogen (secondary N) is 1. The lowest BCUT2D eigenvalue weighted by molar-refractivity contribution is 0.0937. The Morgan fingerprint density at radius 2 is 1.88 bits per heavy atom. The molecule has 0 saturated carbocycles. The quantitative estimate of drug-likeness (QED) is 0.566. The van der Waals surface area contributed by atoms with Crippen LogP contribution < -0.4 is 10.1 Å². The van der Waals surface area contributed by atoms with Crippen LogP contribution in [-0.2, 0) is 0 Å². The first-order valence-electron chi connectivity index (χ1n) is 10.7. The van der Waals surface area contributed by atoms with Crippen LogP contribution in [0, 0.1) is 12.7 Å². The highest BCUT2D eigenvalue weighted by molar-refractivity contribution is 6.33. The van der Waals surface area contributed by atoms with Gasteiger partial charge >= 0.3 is 0 Å². The number of benzene rings is 2. The maximum Gasteiger partial charge on any atom is 0.256 e. The van der Waals surface area contributed by atoms with Crippen LogP contribution in [0.2, 0.25) is 5.15 Å². The first kappa shape index (κ1) is 22.3. The summed E-state index contributed by atoms with van der Waals surface area (Å²) in [5.74, 6) is 0.160. The molecule has 1 aromatic heterocycles. The molecule has 1 N–H and O–H groups in total. The molecule has 0 unspecified atom stereocenters. The highest BCUT2D eigenvalue weighted by atomic mass is 35.5. The molecular weight excluding hydrogens is 431 g/mol. The van der Waals surface area contributed by atoms with Crippen molar-refractivity contribution in [1.29, 1.82) is 0 Å². The number of likely N-dealkylation sites (tertiary alicyclic amines) is 1. The fourth-order valence-electron chi connectivity index (χ4n) is 4.22. The molecule has 1 aliphatic heterocycles. The van der Waals surface area contributed by atoms with Crippen molar-refractivity contribution in [2.75, 3.05) is 26.7 Å². The number of halogens is 2. The van der Waals surface area contributed by atoms with Crippen LogP contribution in [0.1, 0.15) is 40.5 Å². The molecule has 6 nitrogen and oxygen atoms in total. The molecule has 0 spiro atoms. The molecule has 168 valence electrons. The van der Waals surface area contributed by atoms with Crippen LogP contribution in [0.3, 0.4) is 0 Å². The number of carbonyl (C=O) groups is 1. The number of ether oxygens (including phenoxy) is 1. The third kappa shape index (κ3) is 4.49. The van der Waals surface area contributed by atoms with E-state index in [-0.39, 0.29) is 22.9 Å². The minimum Gasteiger partial charge on any atom is -0.496 e. The van der Waals surface area contributed by atoms with Crippen molar-refractivity contribution < 1.29 is 13.9 Å². The van der Waals surface area contributed by atoms with Crippen LogP contribution in [0.4, 0.5) is 4.39 Å². The molecule has 0 bridgehead atoms. The highest BCUT2D eigenvalue weighted by Gasteiger charge is 2.28. The van der Waals surface area contributed by atoms with Gasteiger partial charge in [-0.1, -0.05) is 29.8 Å². The molecule has 8 heteroatoms. The molecule has 1 amide bonds. The summed E-state index contributed by atoms with van der Waals surface area (Å²) >= 11 is 6.52. The van der Waals surface area contributed by atoms with E-state index in [1.165, 1.54) is 16.8 Å². The van der Waals surface area contributed by atoms with E-state index >= 15 is 0 Å². The lowest BCUT2D eigenvalue weighted by Crippen LogP contribution is -2.37. The van der Waals surface area contributed by atoms with Crippen LogP contribution in [0.15, 0.2) is 48.5 Å². The van der Waals surface area contributed by atoms with Gasteiger partial charge in [0.1, 0.15) is 16.7 Å². The number of hydrogen-bond acceptors (Lipinski definition) is 4. The zero-order valence-electron chi connectivity index (χ0n) is 18.1. The van der Waals surface area contributed by atoms with E-state index in [1.54, 1.807) is 26.2 Å². The van der Waals surface area contributed by atoms with Gasteiger partial charge in [-0.25, -0.2) is 9.07 Å². The Labute approximate surface area is 191 Å². The van der Waals surface area contributed by atoms with Crippen molar-refractivity contribution in [1.82, 2.24) is 20.0 Å². The second-order valence-corrected chi connectivity index (χ2v) is 8.21. The van der Waals surface area contributed by atoms with E-state index in [0.717, 1.165) is 37.2 Å². The van der Waals surface area contributed by atoms with Crippen molar-refractivity contribution >= 4 is 17.5 Å². The largest absolute Gasteiger partial charge is 0.496 e. The van der Waals surface area contributed by atoms with Gasteiger partial charge in [-0.2, -0.15) is 5.10 Å². The minimum absolute atomic E-state index is 0.0103. The molecule has 1 atom stereocenters. The van der Waals surface area contributed by atoms with Crippen molar-refractivity contribution in [3.63, 3.8) is 0 Å². The molecule has 1 aliphatic rings. The summed E-state index contributed by atoms with van der Waals surface area (Å²) in [5.41, 5.74) is 2.45. The molecular formula is C24H26ClFN4O2. The molecule has 0 radical (unpaired) electrons. The van der Waals surface area contributed by atoms with E-state index in [2.05, 4.69) is 15.3 Å². The van der Waals surface area contributed by atoms with Crippen LogP contribution >= 0.6 is 11.6 Å². The van der Waals surface area contributed by atoms with E-state index in [0.29, 0.717) is 23.5 Å². The standard InChI is InChI=1S/C24H26ClFN4O2/c1-16-22(23(25)30(28-16)18-11-9-17(26)10-12-18)24(31)27-15-20(29-13-5-6-14-29)19-7-3-4-8-21(19)32-2/h3-4,7-12,20H,5-6,13-15H2,1-2H3,(H,27,31)/t20-/m1/s1. The van der Waals surface area contributed by atoms with Crippen molar-refractivity contribution in [3.05, 3.63) is 76.3 Å². The number of carbonyl (C=O) groups excluding carboxylic acids is 1. The first-order valence-corrected chi connectivity index (χ1v) is 11.0. The lowest BCUT2D eigenvalue weighted by Gasteiger charge is -2.29. The average molecular weight is 457 g/mol. The smallest absolute Gasteiger partial charge is 0.256 e. The predicted octanol–water partition coefficient (Wildman–Crippen LogP) is 4.55. The van der Waals surface area contributed by atoms with Gasteiger partial charge in [0.25, 0.3) is 5.91 Å². The second-order valence-electron chi connectivity index (χ2n) is 7.85. The first-order chi connectivity index (χ1) is 15.5. The molecule has 2 heterocycles. The number of methoxy groups -OCH3 is 1. The highest BCUT2D eigenvalue weighted by Crippen LogP contribution is 2.31. The van der Waals surface area contributed by atoms with E-state index in [9.17, 15) is 9.18 Å². The summed E-state index contributed by atoms with van der Waals surface area (Å²) in [4.78, 5) is 15.5. The van der Waals surface area contributed by atoms with E-state index < -0.39 is 0 Å². The summed E-state index contributed by atoms with van der Waals surface area (Å²) < 4.78 is 20.3. The number of nitrogens with zero attached hydrogens (tertiary/aromatic N) is 3. The topological polar surface area (TPSA) is 59.4 Å². The fraction of sp³-hybridized carbons (Fsp3) is 0.333. The number of hydrogen-bond donors (Lipinski definition) is 1. The van der Waals surface area contributed by atoms with E-state index in [4.69, 9.17) is 16.3 Å². The molecule has 3 aromatic rings. The molecule has 4 rings (SSSR count). The number of aryl methyl sites for hydroxylation is 1. The normalized spacial score (nSPS) is 15.0. The second kappa shape index (κ2) is 9.71. The van der Waals surface area contributed by atoms with Crippen LogP contribution in [0.25, 0.3) is 5.69 Å². The Morgan fingerprint density at radius 1 is 1.19 bits per heavy atom. The van der Waals surface area contributed by atoms with Crippen molar-refractivity contribution in [2.45, 2.75) is 25.8 Å². The summed E-state index contributed by atoms with van der Waals surface area (Å²) in [6.07, 6.45) is 2.27. The summed E-state index contributed by atoms with van der Waals surface area (Å²) in [6, 6.07) is 13.7. The van der Waals surface area contributed by atoms with Crippen molar-refractivity contribution in [2.24, 2.45) is 0 Å². The van der Waals surface area contributed by atoms with Gasteiger partial charge in [-0.15, -0.1) is 0 Å². The minimum atomic E-state index is -0.351. The maximum absolute atomic E-state index is 13.3. The number of para-hydroxylation sites is 1. The van der Waals surface area contributed by atoms with Gasteiger partial charge in [-0.3, -0.25) is 9.69 Å². The van der Waals surface area contributed by atoms with Gasteiger partial charge in [0.05, 0.1) is 30.1 Å². The molecule has 2 aromatic carbocycles. The summed E-state index contributed by atoms with van der Waals surface area (Å²) in [7, 11) is 1.66. The van der Waals surface area contributed by atoms with Gasteiger partial charge in [0, 0.05) is 12.1 Å². The van der Waals surface area contributed by atoms with Gasteiger partial charge in [0.2, 0.25) is 0 Å². The Hall–Kier alpha value is -2.90. The van der Waals surface area contributed by atoms with Gasteiger partial charge in [-0.05, 0) is 63.2 Å². The maximum atomic E-state index is 13.3. The molecule has 1 fully saturated rings. The van der Waals surface area contributed by atoms with Crippen LogP contribution in [0.5, 0.6) is 5.75 Å². The number of aromatic nitrogens is 2. The number of rotatable bonds is 7. The zero-order valence-corrected chi connectivity index (χ0v) is 18.9. The Balaban J connectivity index is 1.57. The SMILES string of the molecule is COc1ccccc1[C@@H](CNC(=O)c1c(C)nn(-c2ccc(F)cc2)c1Cl)N1CCCC1. The predicted molar refractivity (Wildman–Crippen MR) is 122 cm³/mol. The average Bonchev–Trinajstić information content (AvgIpc) is 3.43. The Kier molecular flexibility index (Phi) is 6.77. The van der Waals surface area contributed by atoms with Gasteiger partial charge in [0.15, 0.2) is 0 Å². The third-order valence-corrected chi connectivity index (χ3v) is 6.19. The summed E-state index contributed by atoms with van der Waals surface area (Å²) in [5, 5.41) is 7.64. The van der Waals surface area contributed by atoms with Gasteiger partial charge < -0.3 is 10.1 Å². The fourth-order valence-corrected chi connectivity index (χ4v) is 4.58. The Morgan fingerprint density at radius 3 is 2.56 bits per heavy atom. The summed E-state index contributed by atoms with van der Waals surface area (Å²) in [6.45, 7) is 4.09. The monoisotopic (exact) mass is 456 g/mol. The number of amides is 1. The zero-order chi connectivity index (χ0) is 22.7. The molecule has 32 heavy (non-hydrogen) atoms. The third-order valence-electron chi connectivity index (χ3n) is 5.84.